The Morgan fingerprint density at radius 2 is 1.75 bits per heavy atom. The zero-order chi connectivity index (χ0) is 17.4. The van der Waals surface area contributed by atoms with Crippen LogP contribution in [0.3, 0.4) is 0 Å². The summed E-state index contributed by atoms with van der Waals surface area (Å²) < 4.78 is 16.3. The standard InChI is InChI=1S/C15H22O9/c16-4-6-3-8(18)7-1-2-22-14(10(6)7)24-15-13(21)12(20)11(19)9(5-17)23-15/h1-3,7-21H,4-5H2/t7-,8-,9+,10+,11-,12-,13-,14+,15-/m1/s1. The zero-order valence-electron chi connectivity index (χ0n) is 12.8. The fourth-order valence-electron chi connectivity index (χ4n) is 3.38. The van der Waals surface area contributed by atoms with Gasteiger partial charge in [-0.15, -0.1) is 0 Å². The third-order valence-electron chi connectivity index (χ3n) is 4.73. The fourth-order valence-corrected chi connectivity index (χ4v) is 3.38. The van der Waals surface area contributed by atoms with Crippen molar-refractivity contribution >= 4 is 0 Å². The highest BCUT2D eigenvalue weighted by atomic mass is 16.8. The number of aliphatic hydroxyl groups is 6. The molecule has 3 rings (SSSR count). The topological polar surface area (TPSA) is 149 Å². The molecule has 1 fully saturated rings. The van der Waals surface area contributed by atoms with Gasteiger partial charge in [-0.25, -0.2) is 0 Å². The van der Waals surface area contributed by atoms with Gasteiger partial charge in [0.05, 0.1) is 31.5 Å². The maximum Gasteiger partial charge on any atom is 0.209 e. The van der Waals surface area contributed by atoms with Crippen molar-refractivity contribution in [1.29, 1.82) is 0 Å². The van der Waals surface area contributed by atoms with Gasteiger partial charge in [0.25, 0.3) is 0 Å². The Morgan fingerprint density at radius 3 is 2.42 bits per heavy atom. The van der Waals surface area contributed by atoms with E-state index >= 15 is 0 Å². The van der Waals surface area contributed by atoms with Crippen molar-refractivity contribution in [1.82, 2.24) is 0 Å². The zero-order valence-corrected chi connectivity index (χ0v) is 12.8. The van der Waals surface area contributed by atoms with E-state index < -0.39 is 55.6 Å². The first-order valence-corrected chi connectivity index (χ1v) is 7.75. The summed E-state index contributed by atoms with van der Waals surface area (Å²) in [5.74, 6) is -0.835. The van der Waals surface area contributed by atoms with Crippen molar-refractivity contribution in [3.8, 4) is 0 Å². The van der Waals surface area contributed by atoms with Gasteiger partial charge in [0.1, 0.15) is 24.4 Å². The third-order valence-corrected chi connectivity index (χ3v) is 4.73. The molecule has 2 heterocycles. The lowest BCUT2D eigenvalue weighted by Crippen LogP contribution is -2.60. The second kappa shape index (κ2) is 7.06. The molecule has 0 bridgehead atoms. The molecule has 3 aliphatic rings. The van der Waals surface area contributed by atoms with Gasteiger partial charge in [0.2, 0.25) is 6.29 Å². The molecule has 0 saturated carbocycles. The van der Waals surface area contributed by atoms with Crippen molar-refractivity contribution < 1.29 is 44.8 Å². The smallest absolute Gasteiger partial charge is 0.209 e. The summed E-state index contributed by atoms with van der Waals surface area (Å²) in [6.45, 7) is -0.854. The summed E-state index contributed by atoms with van der Waals surface area (Å²) in [4.78, 5) is 0. The third kappa shape index (κ3) is 2.98. The first-order chi connectivity index (χ1) is 11.5. The van der Waals surface area contributed by atoms with Crippen LogP contribution in [0.5, 0.6) is 0 Å². The lowest BCUT2D eigenvalue weighted by Gasteiger charge is -2.42. The SMILES string of the molecule is OCC1=C[C@@H](O)[C@H]2C=CO[C@@H](O[C@H]3O[C@@H](CO)[C@@H](O)[C@@H](O)[C@H]3O)[C@@H]12. The van der Waals surface area contributed by atoms with Gasteiger partial charge >= 0.3 is 0 Å². The average Bonchev–Trinajstić information content (AvgIpc) is 2.92. The van der Waals surface area contributed by atoms with Gasteiger partial charge < -0.3 is 44.8 Å². The minimum atomic E-state index is -1.56. The Morgan fingerprint density at radius 1 is 1.00 bits per heavy atom. The molecule has 9 nitrogen and oxygen atoms in total. The second-order valence-electron chi connectivity index (χ2n) is 6.16. The van der Waals surface area contributed by atoms with Crippen LogP contribution in [-0.4, -0.2) is 87.0 Å². The summed E-state index contributed by atoms with van der Waals surface area (Å²) >= 11 is 0. The van der Waals surface area contributed by atoms with Gasteiger partial charge in [-0.1, -0.05) is 6.08 Å². The molecular formula is C15H22O9. The molecule has 0 aromatic rings. The van der Waals surface area contributed by atoms with Crippen LogP contribution in [0.4, 0.5) is 0 Å². The molecule has 0 aromatic heterocycles. The van der Waals surface area contributed by atoms with Crippen LogP contribution in [0.15, 0.2) is 24.0 Å². The molecule has 136 valence electrons. The van der Waals surface area contributed by atoms with Crippen LogP contribution >= 0.6 is 0 Å². The Balaban J connectivity index is 1.75. The lowest BCUT2D eigenvalue weighted by molar-refractivity contribution is -0.339. The first-order valence-electron chi connectivity index (χ1n) is 7.75. The molecule has 0 amide bonds. The van der Waals surface area contributed by atoms with Crippen LogP contribution in [0.25, 0.3) is 0 Å². The Kier molecular flexibility index (Phi) is 5.23. The Bertz CT molecular complexity index is 505. The molecule has 1 saturated heterocycles. The van der Waals surface area contributed by atoms with Gasteiger partial charge in [-0.3, -0.25) is 0 Å². The summed E-state index contributed by atoms with van der Waals surface area (Å²) in [5.41, 5.74) is 0.534. The molecule has 0 unspecified atom stereocenters. The molecule has 9 atom stereocenters. The van der Waals surface area contributed by atoms with E-state index in [-0.39, 0.29) is 12.5 Å². The second-order valence-corrected chi connectivity index (χ2v) is 6.16. The fraction of sp³-hybridized carbons (Fsp3) is 0.733. The molecule has 0 aromatic carbocycles. The molecule has 6 N–H and O–H groups in total. The van der Waals surface area contributed by atoms with Crippen molar-refractivity contribution in [2.45, 2.75) is 43.1 Å². The average molecular weight is 346 g/mol. The van der Waals surface area contributed by atoms with Gasteiger partial charge in [0, 0.05) is 5.92 Å². The van der Waals surface area contributed by atoms with Crippen LogP contribution in [0.2, 0.25) is 0 Å². The highest BCUT2D eigenvalue weighted by molar-refractivity contribution is 5.25. The molecule has 0 spiro atoms. The maximum absolute atomic E-state index is 10.0. The van der Waals surface area contributed by atoms with Gasteiger partial charge in [-0.2, -0.15) is 0 Å². The number of ether oxygens (including phenoxy) is 3. The molecule has 0 radical (unpaired) electrons. The van der Waals surface area contributed by atoms with Gasteiger partial charge in [0.15, 0.2) is 6.29 Å². The number of hydrogen-bond donors (Lipinski definition) is 6. The highest BCUT2D eigenvalue weighted by Gasteiger charge is 2.49. The number of hydrogen-bond acceptors (Lipinski definition) is 9. The first kappa shape index (κ1) is 17.8. The van der Waals surface area contributed by atoms with E-state index in [1.807, 2.05) is 0 Å². The van der Waals surface area contributed by atoms with Crippen LogP contribution in [0, 0.1) is 11.8 Å². The molecule has 1 aliphatic carbocycles. The predicted octanol–water partition coefficient (Wildman–Crippen LogP) is -2.80. The molecule has 24 heavy (non-hydrogen) atoms. The normalized spacial score (nSPS) is 47.9. The molecule has 2 aliphatic heterocycles. The van der Waals surface area contributed by atoms with Crippen molar-refractivity contribution in [3.05, 3.63) is 24.0 Å². The summed E-state index contributed by atoms with van der Waals surface area (Å²) in [6, 6.07) is 0. The van der Waals surface area contributed by atoms with Crippen molar-refractivity contribution in [3.63, 3.8) is 0 Å². The summed E-state index contributed by atoms with van der Waals surface area (Å²) in [7, 11) is 0. The minimum Gasteiger partial charge on any atom is -0.472 e. The summed E-state index contributed by atoms with van der Waals surface area (Å²) in [6.07, 6.45) is -4.27. The van der Waals surface area contributed by atoms with E-state index in [1.165, 1.54) is 12.3 Å². The van der Waals surface area contributed by atoms with Crippen molar-refractivity contribution in [2.75, 3.05) is 13.2 Å². The van der Waals surface area contributed by atoms with Crippen LogP contribution in [0.1, 0.15) is 0 Å². The summed E-state index contributed by atoms with van der Waals surface area (Å²) in [5, 5.41) is 58.3. The van der Waals surface area contributed by atoms with Crippen LogP contribution in [-0.2, 0) is 14.2 Å². The maximum atomic E-state index is 10.0. The van der Waals surface area contributed by atoms with Gasteiger partial charge in [-0.05, 0) is 11.6 Å². The monoisotopic (exact) mass is 346 g/mol. The minimum absolute atomic E-state index is 0.288. The molecule has 9 heteroatoms. The van der Waals surface area contributed by atoms with E-state index in [2.05, 4.69) is 0 Å². The highest BCUT2D eigenvalue weighted by Crippen LogP contribution is 2.40. The van der Waals surface area contributed by atoms with E-state index in [9.17, 15) is 30.6 Å². The largest absolute Gasteiger partial charge is 0.472 e. The predicted molar refractivity (Wildman–Crippen MR) is 77.0 cm³/mol. The number of aliphatic hydroxyl groups excluding tert-OH is 6. The van der Waals surface area contributed by atoms with E-state index in [4.69, 9.17) is 14.2 Å². The Labute approximate surface area is 138 Å². The van der Waals surface area contributed by atoms with E-state index in [0.717, 1.165) is 0 Å². The number of rotatable bonds is 4. The molecular weight excluding hydrogens is 324 g/mol. The van der Waals surface area contributed by atoms with Crippen LogP contribution < -0.4 is 0 Å². The van der Waals surface area contributed by atoms with E-state index in [1.54, 1.807) is 6.08 Å². The van der Waals surface area contributed by atoms with E-state index in [0.29, 0.717) is 5.57 Å². The quantitative estimate of drug-likeness (QED) is 0.297. The van der Waals surface area contributed by atoms with Crippen molar-refractivity contribution in [2.24, 2.45) is 11.8 Å². The number of fused-ring (bicyclic) bond motifs is 1. The lowest BCUT2D eigenvalue weighted by atomic mass is 9.88. The Hall–Kier alpha value is -1.04.